The molecule has 4 rings (SSSR count). The Bertz CT molecular complexity index is 1050. The van der Waals surface area contributed by atoms with E-state index in [0.29, 0.717) is 12.5 Å². The Hall–Kier alpha value is -2.87. The molecular formula is C27H29NO. The molecule has 0 N–H and O–H groups in total. The Morgan fingerprint density at radius 2 is 1.86 bits per heavy atom. The zero-order valence-electron chi connectivity index (χ0n) is 17.8. The Morgan fingerprint density at radius 3 is 2.66 bits per heavy atom. The normalized spacial score (nSPS) is 18.3. The van der Waals surface area contributed by atoms with Gasteiger partial charge < -0.3 is 4.74 Å². The molecule has 0 radical (unpaired) electrons. The van der Waals surface area contributed by atoms with Crippen LogP contribution in [0.1, 0.15) is 48.7 Å². The molecule has 0 amide bonds. The molecule has 2 nitrogen and oxygen atoms in total. The topological polar surface area (TPSA) is 22.1 Å². The first-order valence-corrected chi connectivity index (χ1v) is 10.4. The van der Waals surface area contributed by atoms with Gasteiger partial charge in [0.15, 0.2) is 0 Å². The number of ether oxygens (including phenoxy) is 1. The van der Waals surface area contributed by atoms with E-state index >= 15 is 0 Å². The van der Waals surface area contributed by atoms with Crippen LogP contribution in [0.3, 0.4) is 0 Å². The van der Waals surface area contributed by atoms with Gasteiger partial charge in [0, 0.05) is 11.8 Å². The molecule has 3 aromatic rings. The first-order chi connectivity index (χ1) is 13.9. The Kier molecular flexibility index (Phi) is 5.27. The highest BCUT2D eigenvalue weighted by Gasteiger charge is 2.33. The van der Waals surface area contributed by atoms with E-state index in [2.05, 4.69) is 82.3 Å². The van der Waals surface area contributed by atoms with E-state index < -0.39 is 0 Å². The number of hydrogen-bond acceptors (Lipinski definition) is 2. The van der Waals surface area contributed by atoms with Gasteiger partial charge in [0.1, 0.15) is 12.4 Å². The molecule has 0 spiro atoms. The molecule has 1 aliphatic carbocycles. The van der Waals surface area contributed by atoms with E-state index in [9.17, 15) is 0 Å². The quantitative estimate of drug-likeness (QED) is 0.494. The van der Waals surface area contributed by atoms with Crippen LogP contribution < -0.4 is 4.74 Å². The monoisotopic (exact) mass is 383 g/mol. The lowest BCUT2D eigenvalue weighted by atomic mass is 9.69. The number of rotatable bonds is 5. The lowest BCUT2D eigenvalue weighted by Crippen LogP contribution is -2.28. The molecule has 0 saturated heterocycles. The molecule has 148 valence electrons. The lowest BCUT2D eigenvalue weighted by molar-refractivity contribution is 0.293. The Labute approximate surface area is 174 Å². The minimum atomic E-state index is 0.115. The van der Waals surface area contributed by atoms with Gasteiger partial charge in [0.05, 0.1) is 5.69 Å². The number of nitrogens with zero attached hydrogens (tertiary/aromatic N) is 1. The maximum atomic E-state index is 6.12. The molecule has 0 aliphatic heterocycles. The van der Waals surface area contributed by atoms with E-state index in [1.54, 1.807) is 0 Å². The Morgan fingerprint density at radius 1 is 1.03 bits per heavy atom. The fourth-order valence-corrected chi connectivity index (χ4v) is 4.00. The molecule has 1 aliphatic rings. The minimum Gasteiger partial charge on any atom is -0.489 e. The van der Waals surface area contributed by atoms with Gasteiger partial charge in [-0.15, -0.1) is 0 Å². The van der Waals surface area contributed by atoms with Crippen molar-refractivity contribution in [2.75, 3.05) is 0 Å². The SMILES string of the molecule is Cc1cccc(COc2cccc(C3=CC(C)(C(C)C)Cc4cccnc43)c2)c1. The maximum absolute atomic E-state index is 6.12. The summed E-state index contributed by atoms with van der Waals surface area (Å²) >= 11 is 0. The molecule has 0 saturated carbocycles. The van der Waals surface area contributed by atoms with Crippen LogP contribution in [-0.2, 0) is 13.0 Å². The van der Waals surface area contributed by atoms with Crippen LogP contribution in [0.15, 0.2) is 72.9 Å². The highest BCUT2D eigenvalue weighted by Crippen LogP contribution is 2.43. The van der Waals surface area contributed by atoms with E-state index in [1.807, 2.05) is 18.3 Å². The molecule has 1 atom stereocenters. The number of hydrogen-bond donors (Lipinski definition) is 0. The fraction of sp³-hybridized carbons (Fsp3) is 0.296. The van der Waals surface area contributed by atoms with Crippen LogP contribution in [0.5, 0.6) is 5.75 Å². The van der Waals surface area contributed by atoms with Crippen LogP contribution >= 0.6 is 0 Å². The summed E-state index contributed by atoms with van der Waals surface area (Å²) in [5.41, 5.74) is 7.36. The van der Waals surface area contributed by atoms with Gasteiger partial charge >= 0.3 is 0 Å². The third-order valence-electron chi connectivity index (χ3n) is 6.14. The van der Waals surface area contributed by atoms with Crippen molar-refractivity contribution >= 4 is 5.57 Å². The summed E-state index contributed by atoms with van der Waals surface area (Å²) in [4.78, 5) is 4.73. The maximum Gasteiger partial charge on any atom is 0.120 e. The smallest absolute Gasteiger partial charge is 0.120 e. The average molecular weight is 384 g/mol. The van der Waals surface area contributed by atoms with Gasteiger partial charge in [0.25, 0.3) is 0 Å². The molecule has 1 unspecified atom stereocenters. The van der Waals surface area contributed by atoms with E-state index in [-0.39, 0.29) is 5.41 Å². The zero-order chi connectivity index (χ0) is 20.4. The highest BCUT2D eigenvalue weighted by molar-refractivity contribution is 5.82. The van der Waals surface area contributed by atoms with Crippen LogP contribution in [0.25, 0.3) is 5.57 Å². The molecule has 2 aromatic carbocycles. The van der Waals surface area contributed by atoms with Crippen LogP contribution in [0.2, 0.25) is 0 Å². The van der Waals surface area contributed by atoms with Crippen LogP contribution in [0, 0.1) is 18.3 Å². The second-order valence-electron chi connectivity index (χ2n) is 8.71. The fourth-order valence-electron chi connectivity index (χ4n) is 4.00. The number of pyridine rings is 1. The van der Waals surface area contributed by atoms with Crippen LogP contribution in [-0.4, -0.2) is 4.98 Å². The number of allylic oxidation sites excluding steroid dienone is 1. The minimum absolute atomic E-state index is 0.115. The van der Waals surface area contributed by atoms with E-state index in [4.69, 9.17) is 9.72 Å². The largest absolute Gasteiger partial charge is 0.489 e. The predicted octanol–water partition coefficient (Wildman–Crippen LogP) is 6.62. The number of aryl methyl sites for hydroxylation is 1. The third kappa shape index (κ3) is 4.12. The summed E-state index contributed by atoms with van der Waals surface area (Å²) in [6.45, 7) is 9.64. The van der Waals surface area contributed by atoms with Gasteiger partial charge in [-0.1, -0.05) is 74.9 Å². The van der Waals surface area contributed by atoms with Crippen molar-refractivity contribution in [1.82, 2.24) is 4.98 Å². The van der Waals surface area contributed by atoms with Crippen molar-refractivity contribution in [2.24, 2.45) is 11.3 Å². The summed E-state index contributed by atoms with van der Waals surface area (Å²) in [5, 5.41) is 0. The zero-order valence-corrected chi connectivity index (χ0v) is 17.8. The standard InChI is InChI=1S/C27H29NO/c1-19(2)27(4)16-23-11-7-13-28-26(23)25(17-27)22-10-6-12-24(15-22)29-18-21-9-5-8-20(3)14-21/h5-15,17,19H,16,18H2,1-4H3. The van der Waals surface area contributed by atoms with Crippen molar-refractivity contribution in [3.05, 3.63) is 101 Å². The van der Waals surface area contributed by atoms with Crippen molar-refractivity contribution in [1.29, 1.82) is 0 Å². The molecule has 29 heavy (non-hydrogen) atoms. The molecular weight excluding hydrogens is 354 g/mol. The molecule has 1 aromatic heterocycles. The first kappa shape index (κ1) is 19.4. The van der Waals surface area contributed by atoms with E-state index in [1.165, 1.54) is 27.8 Å². The summed E-state index contributed by atoms with van der Waals surface area (Å²) in [7, 11) is 0. The lowest BCUT2D eigenvalue weighted by Gasteiger charge is -2.36. The average Bonchev–Trinajstić information content (AvgIpc) is 2.72. The van der Waals surface area contributed by atoms with Gasteiger partial charge in [-0.25, -0.2) is 0 Å². The third-order valence-corrected chi connectivity index (χ3v) is 6.14. The van der Waals surface area contributed by atoms with Gasteiger partial charge in [-0.2, -0.15) is 0 Å². The predicted molar refractivity (Wildman–Crippen MR) is 120 cm³/mol. The number of aromatic nitrogens is 1. The molecule has 0 fully saturated rings. The highest BCUT2D eigenvalue weighted by atomic mass is 16.5. The second-order valence-corrected chi connectivity index (χ2v) is 8.71. The first-order valence-electron chi connectivity index (χ1n) is 10.4. The van der Waals surface area contributed by atoms with Crippen molar-refractivity contribution in [3.8, 4) is 5.75 Å². The van der Waals surface area contributed by atoms with Gasteiger partial charge in [-0.05, 0) is 59.6 Å². The van der Waals surface area contributed by atoms with Crippen molar-refractivity contribution in [3.63, 3.8) is 0 Å². The van der Waals surface area contributed by atoms with Crippen molar-refractivity contribution in [2.45, 2.75) is 40.7 Å². The summed E-state index contributed by atoms with van der Waals surface area (Å²) in [6, 6.07) is 21.1. The van der Waals surface area contributed by atoms with Gasteiger partial charge in [-0.3, -0.25) is 4.98 Å². The number of fused-ring (bicyclic) bond motifs is 1. The summed E-state index contributed by atoms with van der Waals surface area (Å²) in [5.74, 6) is 1.44. The summed E-state index contributed by atoms with van der Waals surface area (Å²) in [6.07, 6.45) is 5.34. The Balaban J connectivity index is 1.66. The van der Waals surface area contributed by atoms with Crippen molar-refractivity contribution < 1.29 is 4.74 Å². The molecule has 1 heterocycles. The second kappa shape index (κ2) is 7.87. The van der Waals surface area contributed by atoms with Crippen LogP contribution in [0.4, 0.5) is 0 Å². The summed E-state index contributed by atoms with van der Waals surface area (Å²) < 4.78 is 6.12. The van der Waals surface area contributed by atoms with Gasteiger partial charge in [0.2, 0.25) is 0 Å². The van der Waals surface area contributed by atoms with E-state index in [0.717, 1.165) is 17.9 Å². The number of benzene rings is 2. The molecule has 2 heteroatoms. The molecule has 0 bridgehead atoms.